The predicted molar refractivity (Wildman–Crippen MR) is 142 cm³/mol. The van der Waals surface area contributed by atoms with E-state index in [2.05, 4.69) is 0 Å². The average Bonchev–Trinajstić information content (AvgIpc) is 3.25. The van der Waals surface area contributed by atoms with Crippen molar-refractivity contribution in [2.45, 2.75) is 61.0 Å². The highest BCUT2D eigenvalue weighted by Gasteiger charge is 2.62. The Morgan fingerprint density at radius 1 is 1.07 bits per heavy atom. The molecule has 0 bridgehead atoms. The molecule has 242 valence electrons. The minimum absolute atomic E-state index is 0.0103. The zero-order valence-electron chi connectivity index (χ0n) is 23.2. The maximum absolute atomic E-state index is 13.0. The second-order valence-corrected chi connectivity index (χ2v) is 9.90. The number of hydrogen-bond donors (Lipinski definition) is 9. The molecule has 1 aromatic carbocycles. The Labute approximate surface area is 247 Å². The first-order valence-corrected chi connectivity index (χ1v) is 13.0. The number of aromatic hydroxyl groups is 1. The molecule has 2 saturated heterocycles. The summed E-state index contributed by atoms with van der Waals surface area (Å²) in [4.78, 5) is 39.3. The van der Waals surface area contributed by atoms with Gasteiger partial charge in [-0.2, -0.15) is 0 Å². The van der Waals surface area contributed by atoms with E-state index in [0.29, 0.717) is 4.57 Å². The van der Waals surface area contributed by atoms with E-state index in [1.165, 1.54) is 32.4 Å². The van der Waals surface area contributed by atoms with Crippen LogP contribution in [0.15, 0.2) is 40.1 Å². The lowest BCUT2D eigenvalue weighted by molar-refractivity contribution is -0.410. The van der Waals surface area contributed by atoms with Crippen molar-refractivity contribution in [1.29, 1.82) is 0 Å². The molecule has 4 rings (SSSR count). The first-order chi connectivity index (χ1) is 20.8. The van der Waals surface area contributed by atoms with Gasteiger partial charge in [0, 0.05) is 12.3 Å². The van der Waals surface area contributed by atoms with E-state index in [-0.39, 0.29) is 22.8 Å². The molecule has 2 fully saturated rings. The monoisotopic (exact) mass is 628 g/mol. The number of H-pyrrole nitrogens is 1. The number of ether oxygens (including phenoxy) is 5. The van der Waals surface area contributed by atoms with E-state index in [1.807, 2.05) is 4.98 Å². The van der Waals surface area contributed by atoms with Crippen LogP contribution in [0.4, 0.5) is 0 Å². The third-order valence-electron chi connectivity index (χ3n) is 7.18. The molecule has 0 radical (unpaired) electrons. The third kappa shape index (κ3) is 6.00. The molecular formula is C26H32N2O16. The molecule has 2 unspecified atom stereocenters. The number of methoxy groups -OCH3 is 2. The summed E-state index contributed by atoms with van der Waals surface area (Å²) in [6.45, 7) is -0.872. The molecule has 0 amide bonds. The Kier molecular flexibility index (Phi) is 9.90. The molecule has 10 atom stereocenters. The highest BCUT2D eigenvalue weighted by atomic mass is 16.8. The number of benzene rings is 1. The van der Waals surface area contributed by atoms with Gasteiger partial charge < -0.3 is 59.8 Å². The van der Waals surface area contributed by atoms with Crippen molar-refractivity contribution in [2.24, 2.45) is 0 Å². The molecule has 2 aliphatic rings. The highest BCUT2D eigenvalue weighted by molar-refractivity contribution is 5.97. The van der Waals surface area contributed by atoms with E-state index in [4.69, 9.17) is 23.7 Å². The minimum atomic E-state index is -2.93. The third-order valence-corrected chi connectivity index (χ3v) is 7.18. The fourth-order valence-corrected chi connectivity index (χ4v) is 4.78. The van der Waals surface area contributed by atoms with Crippen LogP contribution in [0, 0.1) is 0 Å². The number of carbonyl (C=O) groups is 1. The summed E-state index contributed by atoms with van der Waals surface area (Å²) in [5.74, 6) is -4.29. The SMILES string of the molecule is COc1cc(/C=C/C(=O)C(O)[C@H]2O[C@@](OC3O[C@H](CO)[C@@H](O)[C@H](O)[C@H]3O)(n3ccc(=O)[nH]c3=O)[C@H](O)[C@@H]2O)cc(OC)c1O. The summed E-state index contributed by atoms with van der Waals surface area (Å²) in [5, 5.41) is 83.3. The molecule has 1 aromatic heterocycles. The number of aliphatic hydroxyl groups excluding tert-OH is 7. The summed E-state index contributed by atoms with van der Waals surface area (Å²) in [5.41, 5.74) is -1.88. The Morgan fingerprint density at radius 2 is 1.70 bits per heavy atom. The number of aromatic amines is 1. The van der Waals surface area contributed by atoms with Crippen molar-refractivity contribution in [1.82, 2.24) is 9.55 Å². The fourth-order valence-electron chi connectivity index (χ4n) is 4.78. The summed E-state index contributed by atoms with van der Waals surface area (Å²) in [6, 6.07) is 3.50. The number of phenolic OH excluding ortho intramolecular Hbond substituents is 1. The smallest absolute Gasteiger partial charge is 0.332 e. The maximum Gasteiger partial charge on any atom is 0.332 e. The van der Waals surface area contributed by atoms with Gasteiger partial charge in [0.2, 0.25) is 5.75 Å². The van der Waals surface area contributed by atoms with Crippen molar-refractivity contribution in [3.05, 3.63) is 56.9 Å². The number of nitrogens with zero attached hydrogens (tertiary/aromatic N) is 1. The van der Waals surface area contributed by atoms with Gasteiger partial charge in [-0.3, -0.25) is 19.3 Å². The molecule has 18 heteroatoms. The topological polar surface area (TPSA) is 280 Å². The van der Waals surface area contributed by atoms with Gasteiger partial charge >= 0.3 is 5.69 Å². The number of phenols is 1. The molecule has 18 nitrogen and oxygen atoms in total. The minimum Gasteiger partial charge on any atom is -0.502 e. The van der Waals surface area contributed by atoms with Gasteiger partial charge in [-0.1, -0.05) is 6.08 Å². The average molecular weight is 629 g/mol. The van der Waals surface area contributed by atoms with Crippen LogP contribution in [0.25, 0.3) is 6.08 Å². The number of carbonyl (C=O) groups excluding carboxylic acids is 1. The van der Waals surface area contributed by atoms with Crippen molar-refractivity contribution >= 4 is 11.9 Å². The summed E-state index contributed by atoms with van der Waals surface area (Å²) >= 11 is 0. The number of hydrogen-bond acceptors (Lipinski definition) is 16. The number of aliphatic hydroxyl groups is 7. The second kappa shape index (κ2) is 13.1. The first kappa shape index (κ1) is 33.2. The van der Waals surface area contributed by atoms with E-state index in [0.717, 1.165) is 18.3 Å². The van der Waals surface area contributed by atoms with Crippen LogP contribution in [0.5, 0.6) is 17.2 Å². The van der Waals surface area contributed by atoms with Crippen LogP contribution in [0.2, 0.25) is 0 Å². The lowest BCUT2D eigenvalue weighted by Gasteiger charge is -2.43. The molecule has 9 N–H and O–H groups in total. The summed E-state index contributed by atoms with van der Waals surface area (Å²) in [7, 11) is 2.57. The van der Waals surface area contributed by atoms with Gasteiger partial charge in [-0.15, -0.1) is 0 Å². The number of aromatic nitrogens is 2. The second-order valence-electron chi connectivity index (χ2n) is 9.90. The molecule has 0 saturated carbocycles. The summed E-state index contributed by atoms with van der Waals surface area (Å²) < 4.78 is 27.1. The molecule has 2 aromatic rings. The normalized spacial score (nSPS) is 32.9. The number of nitrogens with one attached hydrogen (secondary N) is 1. The lowest BCUT2D eigenvalue weighted by atomic mass is 9.99. The van der Waals surface area contributed by atoms with Crippen molar-refractivity contribution in [2.75, 3.05) is 20.8 Å². The van der Waals surface area contributed by atoms with Gasteiger partial charge in [0.1, 0.15) is 42.7 Å². The van der Waals surface area contributed by atoms with E-state index in [1.54, 1.807) is 0 Å². The van der Waals surface area contributed by atoms with Gasteiger partial charge in [-0.05, 0) is 23.8 Å². The molecule has 44 heavy (non-hydrogen) atoms. The molecule has 3 heterocycles. The Balaban J connectivity index is 1.68. The Morgan fingerprint density at radius 3 is 2.27 bits per heavy atom. The van der Waals surface area contributed by atoms with E-state index < -0.39 is 84.7 Å². The lowest BCUT2D eigenvalue weighted by Crippen LogP contribution is -2.63. The van der Waals surface area contributed by atoms with Crippen LogP contribution in [0.1, 0.15) is 5.56 Å². The zero-order valence-corrected chi connectivity index (χ0v) is 23.2. The van der Waals surface area contributed by atoms with Crippen LogP contribution < -0.4 is 20.7 Å². The number of ketones is 1. The van der Waals surface area contributed by atoms with Gasteiger partial charge in [0.25, 0.3) is 11.5 Å². The Hall–Kier alpha value is -3.69. The van der Waals surface area contributed by atoms with Crippen molar-refractivity contribution in [3.8, 4) is 17.2 Å². The molecule has 2 aliphatic heterocycles. The van der Waals surface area contributed by atoms with Crippen LogP contribution >= 0.6 is 0 Å². The zero-order chi connectivity index (χ0) is 32.5. The van der Waals surface area contributed by atoms with E-state index in [9.17, 15) is 55.2 Å². The van der Waals surface area contributed by atoms with Crippen molar-refractivity contribution in [3.63, 3.8) is 0 Å². The van der Waals surface area contributed by atoms with Crippen LogP contribution in [0.3, 0.4) is 0 Å². The van der Waals surface area contributed by atoms with Gasteiger partial charge in [0.05, 0.1) is 20.8 Å². The highest BCUT2D eigenvalue weighted by Crippen LogP contribution is 2.41. The molecule has 0 spiro atoms. The van der Waals surface area contributed by atoms with E-state index >= 15 is 0 Å². The molecule has 0 aliphatic carbocycles. The largest absolute Gasteiger partial charge is 0.502 e. The van der Waals surface area contributed by atoms with Crippen molar-refractivity contribution < 1.29 is 69.3 Å². The summed E-state index contributed by atoms with van der Waals surface area (Å²) in [6.07, 6.45) is -15.3. The Bertz CT molecular complexity index is 1460. The van der Waals surface area contributed by atoms with Crippen LogP contribution in [-0.4, -0.2) is 132 Å². The molecular weight excluding hydrogens is 596 g/mol. The predicted octanol–water partition coefficient (Wildman–Crippen LogP) is -4.55. The fraction of sp³-hybridized carbons (Fsp3) is 0.500. The quantitative estimate of drug-likeness (QED) is 0.112. The first-order valence-electron chi connectivity index (χ1n) is 13.0. The van der Waals surface area contributed by atoms with Crippen LogP contribution in [-0.2, 0) is 24.9 Å². The van der Waals surface area contributed by atoms with Gasteiger partial charge in [0.15, 0.2) is 29.7 Å². The van der Waals surface area contributed by atoms with Gasteiger partial charge in [-0.25, -0.2) is 9.36 Å². The maximum atomic E-state index is 13.0. The standard InChI is InChI=1S/C26H32N2O16/c1-40-12-7-10(8-13(41-2)17(12)33)3-4-11(30)16(32)22-21(37)23(38)26(43-22,28-6-5-15(31)27-25(28)39)44-24-20(36)19(35)18(34)14(9-29)42-24/h3-8,14,16,18-24,29,32-38H,9H2,1-2H3,(H,27,31,39)/b4-3+/t14-,16?,18-,19+,20-,21-,22-,23-,24?,26+/m1/s1. The number of rotatable bonds is 10.